The van der Waals surface area contributed by atoms with Crippen LogP contribution < -0.4 is 4.74 Å². The third-order valence-corrected chi connectivity index (χ3v) is 10.5. The lowest BCUT2D eigenvalue weighted by Gasteiger charge is -2.19. The van der Waals surface area contributed by atoms with Gasteiger partial charge >= 0.3 is 6.01 Å². The van der Waals surface area contributed by atoms with E-state index in [0.29, 0.717) is 41.1 Å². The first-order valence-corrected chi connectivity index (χ1v) is 19.1. The number of pyridine rings is 1. The summed E-state index contributed by atoms with van der Waals surface area (Å²) in [5.74, 6) is 2.23. The molecule has 8 nitrogen and oxygen atoms in total. The number of hydrogen-bond donors (Lipinski definition) is 1. The summed E-state index contributed by atoms with van der Waals surface area (Å²) in [6.45, 7) is 8.44. The van der Waals surface area contributed by atoms with E-state index in [1.54, 1.807) is 0 Å². The lowest BCUT2D eigenvalue weighted by molar-refractivity contribution is 0.00336. The number of imidazole rings is 1. The van der Waals surface area contributed by atoms with Gasteiger partial charge in [-0.05, 0) is 35.4 Å². The molecule has 3 aliphatic heterocycles. The number of rotatable bonds is 9. The first kappa shape index (κ1) is 28.2. The average molecular weight is 602 g/mol. The van der Waals surface area contributed by atoms with Crippen molar-refractivity contribution in [2.45, 2.75) is 63.3 Å². The van der Waals surface area contributed by atoms with Gasteiger partial charge in [0, 0.05) is 26.0 Å². The molecule has 4 atom stereocenters. The molecule has 0 amide bonds. The maximum absolute atomic E-state index is 10.1. The molecule has 0 saturated carbocycles. The molecule has 5 heterocycles. The Labute approximate surface area is 245 Å². The quantitative estimate of drug-likeness (QED) is 0.254. The number of halogens is 1. The molecule has 1 N–H and O–H groups in total. The van der Waals surface area contributed by atoms with E-state index in [0.717, 1.165) is 29.5 Å². The maximum Gasteiger partial charge on any atom is 0.301 e. The summed E-state index contributed by atoms with van der Waals surface area (Å²) in [6, 6.07) is 11.7. The molecule has 6 rings (SSSR count). The van der Waals surface area contributed by atoms with Crippen LogP contribution in [0, 0.1) is 0 Å². The second-order valence-corrected chi connectivity index (χ2v) is 19.0. The maximum atomic E-state index is 10.1. The third-order valence-electron chi connectivity index (χ3n) is 7.59. The Balaban J connectivity index is 1.31. The molecule has 3 aromatic rings. The van der Waals surface area contributed by atoms with Gasteiger partial charge in [-0.1, -0.05) is 61.6 Å². The van der Waals surface area contributed by atoms with Crippen LogP contribution in [0.15, 0.2) is 36.4 Å². The van der Waals surface area contributed by atoms with E-state index >= 15 is 0 Å². The van der Waals surface area contributed by atoms with Crippen LogP contribution in [0.1, 0.15) is 12.0 Å². The minimum atomic E-state index is -1.25. The normalized spacial score (nSPS) is 24.9. The van der Waals surface area contributed by atoms with Crippen LogP contribution >= 0.6 is 23.4 Å². The number of benzene rings is 1. The summed E-state index contributed by atoms with van der Waals surface area (Å²) in [4.78, 5) is 9.73. The Kier molecular flexibility index (Phi) is 8.29. The molecule has 0 bridgehead atoms. The van der Waals surface area contributed by atoms with Crippen molar-refractivity contribution < 1.29 is 24.1 Å². The first-order chi connectivity index (χ1) is 19.3. The number of allylic oxidation sites excluding steroid dienone is 1. The second-order valence-electron chi connectivity index (χ2n) is 11.8. The molecule has 2 saturated heterocycles. The highest BCUT2D eigenvalue weighted by Crippen LogP contribution is 2.35. The molecule has 0 spiro atoms. The zero-order valence-electron chi connectivity index (χ0n) is 23.1. The fourth-order valence-electron chi connectivity index (χ4n) is 5.26. The molecular weight excluding hydrogens is 566 g/mol. The molecule has 0 radical (unpaired) electrons. The van der Waals surface area contributed by atoms with Crippen LogP contribution in [0.4, 0.5) is 0 Å². The smallest absolute Gasteiger partial charge is 0.301 e. The number of aliphatic hydroxyl groups is 1. The van der Waals surface area contributed by atoms with Crippen molar-refractivity contribution in [1.29, 1.82) is 0 Å². The van der Waals surface area contributed by atoms with Gasteiger partial charge in [0.15, 0.2) is 11.8 Å². The first-order valence-electron chi connectivity index (χ1n) is 13.9. The molecule has 11 heteroatoms. The SMILES string of the molecule is C[Si](C)(C)CCOCn1c(OC2COC3C(O)COC23)nc2cc(Cl)c(-c3ccc(C4=CCSCC4)cc3)nc21. The van der Waals surface area contributed by atoms with Crippen LogP contribution in [-0.4, -0.2) is 83.5 Å². The lowest BCUT2D eigenvalue weighted by Crippen LogP contribution is -2.35. The van der Waals surface area contributed by atoms with Crippen LogP contribution in [0.5, 0.6) is 6.01 Å². The van der Waals surface area contributed by atoms with Crippen molar-refractivity contribution in [1.82, 2.24) is 14.5 Å². The fourth-order valence-corrected chi connectivity index (χ4v) is 7.12. The van der Waals surface area contributed by atoms with Gasteiger partial charge in [0.25, 0.3) is 0 Å². The molecule has 2 aromatic heterocycles. The van der Waals surface area contributed by atoms with Crippen molar-refractivity contribution in [3.63, 3.8) is 0 Å². The van der Waals surface area contributed by atoms with E-state index < -0.39 is 20.3 Å². The molecule has 2 fully saturated rings. The topological polar surface area (TPSA) is 87.9 Å². The van der Waals surface area contributed by atoms with Gasteiger partial charge in [-0.2, -0.15) is 16.7 Å². The van der Waals surface area contributed by atoms with Gasteiger partial charge in [-0.25, -0.2) is 4.98 Å². The second kappa shape index (κ2) is 11.8. The molecule has 4 unspecified atom stereocenters. The number of aliphatic hydroxyl groups excluding tert-OH is 1. The van der Waals surface area contributed by atoms with Gasteiger partial charge in [-0.15, -0.1) is 0 Å². The molecule has 40 heavy (non-hydrogen) atoms. The van der Waals surface area contributed by atoms with E-state index in [1.807, 2.05) is 22.4 Å². The predicted molar refractivity (Wildman–Crippen MR) is 162 cm³/mol. The summed E-state index contributed by atoms with van der Waals surface area (Å²) in [6.07, 6.45) is 1.63. The molecule has 0 aliphatic carbocycles. The van der Waals surface area contributed by atoms with Crippen LogP contribution in [0.25, 0.3) is 28.0 Å². The van der Waals surface area contributed by atoms with Gasteiger partial charge in [-0.3, -0.25) is 4.57 Å². The number of fused-ring (bicyclic) bond motifs is 2. The van der Waals surface area contributed by atoms with Crippen molar-refractivity contribution in [3.8, 4) is 17.3 Å². The molecule has 3 aliphatic rings. The standard InChI is InChI=1S/C29H36ClN3O5SSi/c1-40(2,3)13-10-35-17-33-28-22(31-29(33)38-24-16-37-26-23(34)15-36-27(24)26)14-21(30)25(32-28)20-6-4-18(5-7-20)19-8-11-39-12-9-19/h4-8,14,23-24,26-27,34H,9-13,15-17H2,1-3H3. The van der Waals surface area contributed by atoms with E-state index in [-0.39, 0.29) is 25.5 Å². The molecule has 1 aromatic carbocycles. The average Bonchev–Trinajstić information content (AvgIpc) is 3.61. The third kappa shape index (κ3) is 5.99. The monoisotopic (exact) mass is 601 g/mol. The molecular formula is C29H36ClN3O5SSi. The number of nitrogens with zero attached hydrogens (tertiary/aromatic N) is 3. The highest BCUT2D eigenvalue weighted by molar-refractivity contribution is 7.99. The fraction of sp³-hybridized carbons (Fsp3) is 0.517. The number of ether oxygens (including phenoxy) is 4. The van der Waals surface area contributed by atoms with Crippen molar-refractivity contribution in [2.75, 3.05) is 31.3 Å². The summed E-state index contributed by atoms with van der Waals surface area (Å²) in [5.41, 5.74) is 5.54. The van der Waals surface area contributed by atoms with Crippen LogP contribution in [0.2, 0.25) is 30.7 Å². The number of thioether (sulfide) groups is 1. The Bertz CT molecular complexity index is 1390. The van der Waals surface area contributed by atoms with Crippen LogP contribution in [-0.2, 0) is 20.9 Å². The van der Waals surface area contributed by atoms with Gasteiger partial charge in [0.1, 0.15) is 30.6 Å². The Morgan fingerprint density at radius 1 is 1.10 bits per heavy atom. The van der Waals surface area contributed by atoms with E-state index in [2.05, 4.69) is 50.0 Å². The zero-order valence-corrected chi connectivity index (χ0v) is 25.7. The summed E-state index contributed by atoms with van der Waals surface area (Å²) in [5, 5.41) is 10.7. The highest BCUT2D eigenvalue weighted by Gasteiger charge is 2.49. The molecule has 214 valence electrons. The van der Waals surface area contributed by atoms with Crippen molar-refractivity contribution in [2.24, 2.45) is 0 Å². The number of hydrogen-bond acceptors (Lipinski definition) is 8. The summed E-state index contributed by atoms with van der Waals surface area (Å²) in [7, 11) is -1.25. The lowest BCUT2D eigenvalue weighted by atomic mass is 10.0. The van der Waals surface area contributed by atoms with Gasteiger partial charge in [0.2, 0.25) is 0 Å². The van der Waals surface area contributed by atoms with Crippen molar-refractivity contribution in [3.05, 3.63) is 47.0 Å². The van der Waals surface area contributed by atoms with Gasteiger partial charge < -0.3 is 24.1 Å². The minimum absolute atomic E-state index is 0.237. The van der Waals surface area contributed by atoms with E-state index in [4.69, 9.17) is 40.5 Å². The summed E-state index contributed by atoms with van der Waals surface area (Å²) >= 11 is 8.73. The minimum Gasteiger partial charge on any atom is -0.456 e. The Morgan fingerprint density at radius 2 is 1.88 bits per heavy atom. The Morgan fingerprint density at radius 3 is 2.62 bits per heavy atom. The van der Waals surface area contributed by atoms with Crippen LogP contribution in [0.3, 0.4) is 0 Å². The van der Waals surface area contributed by atoms with Gasteiger partial charge in [0.05, 0.1) is 23.9 Å². The summed E-state index contributed by atoms with van der Waals surface area (Å²) < 4.78 is 25.9. The zero-order chi connectivity index (χ0) is 27.9. The highest BCUT2D eigenvalue weighted by atomic mass is 35.5. The largest absolute Gasteiger partial charge is 0.456 e. The number of aromatic nitrogens is 3. The van der Waals surface area contributed by atoms with E-state index in [1.165, 1.54) is 11.1 Å². The van der Waals surface area contributed by atoms with Crippen molar-refractivity contribution >= 4 is 48.2 Å². The Hall–Kier alpha value is -1.92. The predicted octanol–water partition coefficient (Wildman–Crippen LogP) is 5.49. The van der Waals surface area contributed by atoms with E-state index in [9.17, 15) is 5.11 Å².